The van der Waals surface area contributed by atoms with E-state index in [0.717, 1.165) is 4.68 Å². The van der Waals surface area contributed by atoms with Gasteiger partial charge in [0.1, 0.15) is 6.04 Å². The predicted molar refractivity (Wildman–Crippen MR) is 108 cm³/mol. The van der Waals surface area contributed by atoms with Crippen LogP contribution in [-0.2, 0) is 17.5 Å². The first-order chi connectivity index (χ1) is 14.0. The van der Waals surface area contributed by atoms with Gasteiger partial charge in [0.25, 0.3) is 0 Å². The quantitative estimate of drug-likeness (QED) is 0.516. The summed E-state index contributed by atoms with van der Waals surface area (Å²) in [5, 5.41) is 10.6. The normalized spacial score (nSPS) is 12.8. The van der Waals surface area contributed by atoms with Crippen molar-refractivity contribution in [3.05, 3.63) is 62.5 Å². The van der Waals surface area contributed by atoms with Gasteiger partial charge < -0.3 is 5.32 Å². The maximum absolute atomic E-state index is 13.0. The number of nitrogens with one attached hydrogen (secondary N) is 1. The highest BCUT2D eigenvalue weighted by Crippen LogP contribution is 2.36. The Morgan fingerprint density at radius 2 is 1.80 bits per heavy atom. The third-order valence-corrected chi connectivity index (χ3v) is 5.53. The summed E-state index contributed by atoms with van der Waals surface area (Å²) in [7, 11) is 0. The molecule has 1 amide bonds. The molecule has 2 aromatic heterocycles. The summed E-state index contributed by atoms with van der Waals surface area (Å²) in [5.41, 5.74) is -0.538. The smallest absolute Gasteiger partial charge is 0.307 e. The number of halogens is 6. The number of nitrogens with zero attached hydrogens (tertiary/aromatic N) is 4. The number of rotatable bonds is 5. The zero-order valence-corrected chi connectivity index (χ0v) is 17.9. The van der Waals surface area contributed by atoms with Crippen LogP contribution in [-0.4, -0.2) is 25.5 Å². The van der Waals surface area contributed by atoms with Crippen molar-refractivity contribution in [1.82, 2.24) is 19.6 Å². The fourth-order valence-electron chi connectivity index (χ4n) is 2.76. The lowest BCUT2D eigenvalue weighted by atomic mass is 10.2. The van der Waals surface area contributed by atoms with Crippen LogP contribution in [0.25, 0.3) is 0 Å². The van der Waals surface area contributed by atoms with Gasteiger partial charge in [-0.25, -0.2) is 0 Å². The highest BCUT2D eigenvalue weighted by Gasteiger charge is 2.39. The van der Waals surface area contributed by atoms with E-state index in [1.54, 1.807) is 30.5 Å². The summed E-state index contributed by atoms with van der Waals surface area (Å²) >= 11 is 18.0. The molecule has 0 aliphatic rings. The Morgan fingerprint density at radius 3 is 2.37 bits per heavy atom. The van der Waals surface area contributed by atoms with Crippen LogP contribution in [0.5, 0.6) is 0 Å². The molecule has 0 bridgehead atoms. The Balaban J connectivity index is 1.74. The van der Waals surface area contributed by atoms with E-state index in [1.807, 2.05) is 0 Å². The van der Waals surface area contributed by atoms with Crippen LogP contribution in [0.2, 0.25) is 15.1 Å². The highest BCUT2D eigenvalue weighted by molar-refractivity contribution is 6.36. The molecule has 0 aliphatic heterocycles. The van der Waals surface area contributed by atoms with Crippen LogP contribution in [0.15, 0.2) is 30.5 Å². The summed E-state index contributed by atoms with van der Waals surface area (Å²) in [6.45, 7) is 3.04. The molecule has 1 aromatic carbocycles. The van der Waals surface area contributed by atoms with Crippen LogP contribution in [0.3, 0.4) is 0 Å². The van der Waals surface area contributed by atoms with Crippen molar-refractivity contribution in [3.63, 3.8) is 0 Å². The Kier molecular flexibility index (Phi) is 6.35. The largest absolute Gasteiger partial charge is 0.436 e. The molecular formula is C18H15Cl3F3N5O. The summed E-state index contributed by atoms with van der Waals surface area (Å²) in [6.07, 6.45) is -3.11. The second-order valence-corrected chi connectivity index (χ2v) is 7.65. The van der Waals surface area contributed by atoms with Gasteiger partial charge in [-0.05, 0) is 26.0 Å². The van der Waals surface area contributed by atoms with E-state index in [9.17, 15) is 18.0 Å². The van der Waals surface area contributed by atoms with Gasteiger partial charge in [-0.15, -0.1) is 0 Å². The van der Waals surface area contributed by atoms with E-state index in [-0.39, 0.29) is 18.1 Å². The molecule has 0 aliphatic carbocycles. The minimum atomic E-state index is -4.72. The van der Waals surface area contributed by atoms with Gasteiger partial charge in [0, 0.05) is 27.9 Å². The van der Waals surface area contributed by atoms with E-state index in [4.69, 9.17) is 34.8 Å². The van der Waals surface area contributed by atoms with Crippen molar-refractivity contribution in [2.75, 3.05) is 5.32 Å². The number of hydrogen-bond donors (Lipinski definition) is 1. The molecule has 12 heteroatoms. The van der Waals surface area contributed by atoms with Gasteiger partial charge in [0.2, 0.25) is 5.91 Å². The summed E-state index contributed by atoms with van der Waals surface area (Å²) in [4.78, 5) is 12.5. The van der Waals surface area contributed by atoms with E-state index in [1.165, 1.54) is 18.5 Å². The maximum Gasteiger partial charge on any atom is 0.436 e. The molecule has 0 spiro atoms. The molecule has 3 rings (SSSR count). The molecule has 0 saturated carbocycles. The molecular weight excluding hydrogens is 466 g/mol. The lowest BCUT2D eigenvalue weighted by molar-refractivity contribution is -0.141. The predicted octanol–water partition coefficient (Wildman–Crippen LogP) is 5.62. The van der Waals surface area contributed by atoms with Gasteiger partial charge >= 0.3 is 6.18 Å². The number of aromatic nitrogens is 4. The second kappa shape index (κ2) is 8.49. The number of amides is 1. The van der Waals surface area contributed by atoms with Gasteiger partial charge in [0.15, 0.2) is 11.5 Å². The first-order valence-corrected chi connectivity index (χ1v) is 9.71. The standard InChI is InChI=1S/C18H15Cl3F3N5O/c1-9-15(21)16(18(22,23)24)27-29(9)10(2)17(30)25-14-6-7-28(26-14)8-11-12(19)4-3-5-13(11)20/h3-7,10H,8H2,1-2H3,(H,25,26,30). The maximum atomic E-state index is 13.0. The average Bonchev–Trinajstić information content (AvgIpc) is 3.22. The molecule has 0 fully saturated rings. The molecule has 1 atom stereocenters. The number of carbonyl (C=O) groups excluding carboxylic acids is 1. The molecule has 0 radical (unpaired) electrons. The second-order valence-electron chi connectivity index (χ2n) is 6.45. The fourth-order valence-corrected chi connectivity index (χ4v) is 3.51. The lowest BCUT2D eigenvalue weighted by Crippen LogP contribution is -2.26. The van der Waals surface area contributed by atoms with Crippen molar-refractivity contribution in [1.29, 1.82) is 0 Å². The van der Waals surface area contributed by atoms with Gasteiger partial charge in [-0.1, -0.05) is 40.9 Å². The summed E-state index contributed by atoms with van der Waals surface area (Å²) in [5.74, 6) is -0.394. The third-order valence-electron chi connectivity index (χ3n) is 4.37. The lowest BCUT2D eigenvalue weighted by Gasteiger charge is -2.13. The van der Waals surface area contributed by atoms with Gasteiger partial charge in [0.05, 0.1) is 17.3 Å². The number of anilines is 1. The highest BCUT2D eigenvalue weighted by atomic mass is 35.5. The molecule has 3 aromatic rings. The van der Waals surface area contributed by atoms with Crippen molar-refractivity contribution >= 4 is 46.5 Å². The summed E-state index contributed by atoms with van der Waals surface area (Å²) in [6, 6.07) is 5.60. The first kappa shape index (κ1) is 22.5. The molecule has 1 N–H and O–H groups in total. The van der Waals surface area contributed by atoms with Crippen LogP contribution in [0.1, 0.15) is 29.9 Å². The Morgan fingerprint density at radius 1 is 1.17 bits per heavy atom. The van der Waals surface area contributed by atoms with Crippen LogP contribution in [0.4, 0.5) is 19.0 Å². The fraction of sp³-hybridized carbons (Fsp3) is 0.278. The van der Waals surface area contributed by atoms with Gasteiger partial charge in [-0.2, -0.15) is 23.4 Å². The van der Waals surface area contributed by atoms with Crippen molar-refractivity contribution < 1.29 is 18.0 Å². The minimum absolute atomic E-state index is 0.0329. The molecule has 1 unspecified atom stereocenters. The molecule has 160 valence electrons. The summed E-state index contributed by atoms with van der Waals surface area (Å²) < 4.78 is 41.4. The van der Waals surface area contributed by atoms with Crippen molar-refractivity contribution in [2.45, 2.75) is 32.6 Å². The topological polar surface area (TPSA) is 64.7 Å². The van der Waals surface area contributed by atoms with E-state index in [2.05, 4.69) is 15.5 Å². The molecule has 0 saturated heterocycles. The van der Waals surface area contributed by atoms with Crippen molar-refractivity contribution in [3.8, 4) is 0 Å². The Labute approximate surface area is 184 Å². The van der Waals surface area contributed by atoms with Crippen molar-refractivity contribution in [2.24, 2.45) is 0 Å². The molecule has 30 heavy (non-hydrogen) atoms. The number of hydrogen-bond acceptors (Lipinski definition) is 3. The number of benzene rings is 1. The molecule has 6 nitrogen and oxygen atoms in total. The van der Waals surface area contributed by atoms with E-state index in [0.29, 0.717) is 15.6 Å². The van der Waals surface area contributed by atoms with E-state index >= 15 is 0 Å². The first-order valence-electron chi connectivity index (χ1n) is 8.58. The number of alkyl halides is 3. The van der Waals surface area contributed by atoms with Crippen LogP contribution in [0, 0.1) is 6.92 Å². The van der Waals surface area contributed by atoms with Crippen LogP contribution >= 0.6 is 34.8 Å². The minimum Gasteiger partial charge on any atom is -0.307 e. The van der Waals surface area contributed by atoms with Crippen LogP contribution < -0.4 is 5.32 Å². The monoisotopic (exact) mass is 479 g/mol. The zero-order chi connectivity index (χ0) is 22.2. The Hall–Kier alpha value is -2.23. The van der Waals surface area contributed by atoms with E-state index < -0.39 is 28.8 Å². The average molecular weight is 481 g/mol. The third kappa shape index (κ3) is 4.58. The molecule has 2 heterocycles. The van der Waals surface area contributed by atoms with Gasteiger partial charge in [-0.3, -0.25) is 14.2 Å². The zero-order valence-electron chi connectivity index (χ0n) is 15.6. The SMILES string of the molecule is Cc1c(Cl)c(C(F)(F)F)nn1C(C)C(=O)Nc1ccn(Cc2c(Cl)cccc2Cl)n1. The Bertz CT molecular complexity index is 1070. The number of carbonyl (C=O) groups is 1.